The van der Waals surface area contributed by atoms with E-state index in [1.165, 1.54) is 12.1 Å². The van der Waals surface area contributed by atoms with Crippen molar-refractivity contribution in [3.8, 4) is 11.5 Å². The fourth-order valence-corrected chi connectivity index (χ4v) is 3.01. The van der Waals surface area contributed by atoms with Crippen LogP contribution < -0.4 is 9.47 Å². The van der Waals surface area contributed by atoms with Gasteiger partial charge in [-0.2, -0.15) is 0 Å². The zero-order valence-electron chi connectivity index (χ0n) is 15.8. The third-order valence-corrected chi connectivity index (χ3v) is 4.57. The lowest BCUT2D eigenvalue weighted by atomic mass is 10.1. The molecule has 0 bridgehead atoms. The smallest absolute Gasteiger partial charge is 0.344 e. The lowest BCUT2D eigenvalue weighted by Crippen LogP contribution is -2.19. The van der Waals surface area contributed by atoms with Gasteiger partial charge >= 0.3 is 5.97 Å². The summed E-state index contributed by atoms with van der Waals surface area (Å²) in [5.41, 5.74) is 1.30. The van der Waals surface area contributed by atoms with Crippen LogP contribution in [-0.4, -0.2) is 25.0 Å². The maximum atomic E-state index is 12.1. The van der Waals surface area contributed by atoms with Crippen LogP contribution in [0.4, 0.5) is 0 Å². The van der Waals surface area contributed by atoms with Crippen LogP contribution in [0.5, 0.6) is 11.5 Å². The van der Waals surface area contributed by atoms with E-state index in [0.717, 1.165) is 5.56 Å². The summed E-state index contributed by atoms with van der Waals surface area (Å²) in [6.07, 6.45) is 0. The molecule has 3 rings (SSSR count). The van der Waals surface area contributed by atoms with Gasteiger partial charge in [0.1, 0.15) is 18.1 Å². The predicted molar refractivity (Wildman–Crippen MR) is 114 cm³/mol. The number of hydrogen-bond donors (Lipinski definition) is 0. The molecule has 0 saturated carbocycles. The predicted octanol–water partition coefficient (Wildman–Crippen LogP) is 5.38. The zero-order valence-corrected chi connectivity index (χ0v) is 17.4. The third-order valence-electron chi connectivity index (χ3n) is 4.02. The molecule has 3 aromatic carbocycles. The van der Waals surface area contributed by atoms with Crippen molar-refractivity contribution in [3.63, 3.8) is 0 Å². The second kappa shape index (κ2) is 10.7. The molecule has 0 fully saturated rings. The SMILES string of the molecule is O=C(COc1ccc(OCc2ccccc2)cc1)OCC(=O)c1ccc(Cl)cc1Cl. The van der Waals surface area contributed by atoms with Gasteiger partial charge in [0.15, 0.2) is 13.2 Å². The molecule has 0 aromatic heterocycles. The second-order valence-corrected chi connectivity index (χ2v) is 7.09. The molecule has 0 amide bonds. The lowest BCUT2D eigenvalue weighted by Gasteiger charge is -2.09. The van der Waals surface area contributed by atoms with Gasteiger partial charge in [0.05, 0.1) is 5.02 Å². The Kier molecular flexibility index (Phi) is 7.71. The van der Waals surface area contributed by atoms with Crippen molar-refractivity contribution in [2.75, 3.05) is 13.2 Å². The van der Waals surface area contributed by atoms with E-state index in [0.29, 0.717) is 23.1 Å². The Hall–Kier alpha value is -3.02. The summed E-state index contributed by atoms with van der Waals surface area (Å²) in [5.74, 6) is 0.0630. The van der Waals surface area contributed by atoms with Crippen LogP contribution in [0, 0.1) is 0 Å². The molecule has 0 radical (unpaired) electrons. The number of carbonyl (C=O) groups is 2. The van der Waals surface area contributed by atoms with E-state index in [9.17, 15) is 9.59 Å². The number of ether oxygens (including phenoxy) is 3. The fourth-order valence-electron chi connectivity index (χ4n) is 2.50. The third kappa shape index (κ3) is 6.51. The molecule has 0 aliphatic heterocycles. The summed E-state index contributed by atoms with van der Waals surface area (Å²) in [6.45, 7) is -0.305. The second-order valence-electron chi connectivity index (χ2n) is 6.24. The molecule has 0 spiro atoms. The van der Waals surface area contributed by atoms with E-state index in [4.69, 9.17) is 37.4 Å². The first-order valence-corrected chi connectivity index (χ1v) is 9.80. The minimum atomic E-state index is -0.669. The van der Waals surface area contributed by atoms with E-state index in [2.05, 4.69) is 0 Å². The summed E-state index contributed by atoms with van der Waals surface area (Å²) in [4.78, 5) is 23.9. The summed E-state index contributed by atoms with van der Waals surface area (Å²) in [7, 11) is 0. The molecule has 0 saturated heterocycles. The van der Waals surface area contributed by atoms with Crippen LogP contribution in [0.2, 0.25) is 10.0 Å². The number of hydrogen-bond acceptors (Lipinski definition) is 5. The fraction of sp³-hybridized carbons (Fsp3) is 0.130. The number of carbonyl (C=O) groups excluding carboxylic acids is 2. The monoisotopic (exact) mass is 444 g/mol. The van der Waals surface area contributed by atoms with E-state index >= 15 is 0 Å². The number of rotatable bonds is 9. The highest BCUT2D eigenvalue weighted by Gasteiger charge is 2.14. The summed E-state index contributed by atoms with van der Waals surface area (Å²) in [5, 5.41) is 0.618. The highest BCUT2D eigenvalue weighted by Crippen LogP contribution is 2.22. The molecule has 3 aromatic rings. The van der Waals surface area contributed by atoms with Gasteiger partial charge in [-0.15, -0.1) is 0 Å². The summed E-state index contributed by atoms with van der Waals surface area (Å²) < 4.78 is 16.0. The summed E-state index contributed by atoms with van der Waals surface area (Å²) in [6, 6.07) is 21.2. The first-order chi connectivity index (χ1) is 14.5. The van der Waals surface area contributed by atoms with Crippen molar-refractivity contribution < 1.29 is 23.8 Å². The van der Waals surface area contributed by atoms with Gasteiger partial charge in [-0.1, -0.05) is 53.5 Å². The Morgan fingerprint density at radius 3 is 2.10 bits per heavy atom. The number of halogens is 2. The van der Waals surface area contributed by atoms with Crippen molar-refractivity contribution in [3.05, 3.63) is 94.0 Å². The highest BCUT2D eigenvalue weighted by atomic mass is 35.5. The molecule has 0 unspecified atom stereocenters. The molecule has 0 atom stereocenters. The first-order valence-electron chi connectivity index (χ1n) is 9.05. The van der Waals surface area contributed by atoms with E-state index in [-0.39, 0.29) is 17.2 Å². The van der Waals surface area contributed by atoms with Crippen LogP contribution in [0.3, 0.4) is 0 Å². The van der Waals surface area contributed by atoms with Gasteiger partial charge in [0.25, 0.3) is 0 Å². The Morgan fingerprint density at radius 2 is 1.43 bits per heavy atom. The van der Waals surface area contributed by atoms with Crippen molar-refractivity contribution in [1.82, 2.24) is 0 Å². The largest absolute Gasteiger partial charge is 0.489 e. The van der Waals surface area contributed by atoms with Crippen LogP contribution in [0.25, 0.3) is 0 Å². The van der Waals surface area contributed by atoms with Crippen LogP contribution in [-0.2, 0) is 16.1 Å². The molecule has 7 heteroatoms. The van der Waals surface area contributed by atoms with Crippen molar-refractivity contribution in [2.45, 2.75) is 6.61 Å². The molecule has 0 aliphatic carbocycles. The average molecular weight is 445 g/mol. The number of benzene rings is 3. The quantitative estimate of drug-likeness (QED) is 0.327. The Labute approximate surface area is 184 Å². The minimum absolute atomic E-state index is 0.203. The van der Waals surface area contributed by atoms with Crippen molar-refractivity contribution >= 4 is 35.0 Å². The molecule has 0 heterocycles. The maximum Gasteiger partial charge on any atom is 0.344 e. The zero-order chi connectivity index (χ0) is 21.3. The van der Waals surface area contributed by atoms with Crippen LogP contribution in [0.15, 0.2) is 72.8 Å². The van der Waals surface area contributed by atoms with E-state index in [1.807, 2.05) is 30.3 Å². The van der Waals surface area contributed by atoms with Gasteiger partial charge in [-0.05, 0) is 48.0 Å². The van der Waals surface area contributed by atoms with E-state index < -0.39 is 18.4 Å². The van der Waals surface area contributed by atoms with Gasteiger partial charge in [0, 0.05) is 10.6 Å². The van der Waals surface area contributed by atoms with E-state index in [1.54, 1.807) is 30.3 Å². The molecule has 154 valence electrons. The minimum Gasteiger partial charge on any atom is -0.489 e. The molecule has 0 aliphatic rings. The molecular formula is C23H18Cl2O5. The number of ketones is 1. The van der Waals surface area contributed by atoms with Gasteiger partial charge in [0.2, 0.25) is 5.78 Å². The van der Waals surface area contributed by atoms with Crippen molar-refractivity contribution in [1.29, 1.82) is 0 Å². The Bertz CT molecular complexity index is 1000. The van der Waals surface area contributed by atoms with Gasteiger partial charge in [-0.25, -0.2) is 4.79 Å². The van der Waals surface area contributed by atoms with Crippen molar-refractivity contribution in [2.24, 2.45) is 0 Å². The maximum absolute atomic E-state index is 12.1. The first kappa shape index (κ1) is 21.7. The Morgan fingerprint density at radius 1 is 0.767 bits per heavy atom. The summed E-state index contributed by atoms with van der Waals surface area (Å²) >= 11 is 11.8. The van der Waals surface area contributed by atoms with Gasteiger partial charge in [-0.3, -0.25) is 4.79 Å². The number of Topliss-reactive ketones (excluding diaryl/α,β-unsaturated/α-hetero) is 1. The molecule has 30 heavy (non-hydrogen) atoms. The molecule has 5 nitrogen and oxygen atoms in total. The van der Waals surface area contributed by atoms with Gasteiger partial charge < -0.3 is 14.2 Å². The topological polar surface area (TPSA) is 61.8 Å². The van der Waals surface area contributed by atoms with Crippen LogP contribution >= 0.6 is 23.2 Å². The average Bonchev–Trinajstić information content (AvgIpc) is 2.76. The lowest BCUT2D eigenvalue weighted by molar-refractivity contribution is -0.144. The number of esters is 1. The van der Waals surface area contributed by atoms with Crippen LogP contribution in [0.1, 0.15) is 15.9 Å². The normalized spacial score (nSPS) is 10.3. The molecule has 0 N–H and O–H groups in total. The standard InChI is InChI=1S/C23H18Cl2O5/c24-17-6-11-20(21(25)12-17)22(26)14-30-23(27)15-29-19-9-7-18(8-10-19)28-13-16-4-2-1-3-5-16/h1-12H,13-15H2. The molecular weight excluding hydrogens is 427 g/mol. The highest BCUT2D eigenvalue weighted by molar-refractivity contribution is 6.36. The Balaban J connectivity index is 1.41.